The van der Waals surface area contributed by atoms with Gasteiger partial charge in [-0.25, -0.2) is 0 Å². The summed E-state index contributed by atoms with van der Waals surface area (Å²) in [5.74, 6) is 1.35. The Morgan fingerprint density at radius 3 is 2.45 bits per heavy atom. The summed E-state index contributed by atoms with van der Waals surface area (Å²) in [4.78, 5) is 29.0. The smallest absolute Gasteiger partial charge is 0.275 e. The molecule has 0 radical (unpaired) electrons. The zero-order valence-electron chi connectivity index (χ0n) is 18.1. The Bertz CT molecular complexity index is 1130. The van der Waals surface area contributed by atoms with Crippen molar-refractivity contribution in [3.63, 3.8) is 0 Å². The number of carbonyl (C=O) groups is 1. The number of amides is 1. The lowest BCUT2D eigenvalue weighted by Crippen LogP contribution is -2.43. The van der Waals surface area contributed by atoms with E-state index in [-0.39, 0.29) is 11.5 Å². The van der Waals surface area contributed by atoms with Crippen LogP contribution in [0, 0.1) is 17.8 Å². The van der Waals surface area contributed by atoms with Crippen LogP contribution in [0.2, 0.25) is 0 Å². The number of rotatable bonds is 3. The van der Waals surface area contributed by atoms with E-state index in [1.54, 1.807) is 4.57 Å². The summed E-state index contributed by atoms with van der Waals surface area (Å²) in [7, 11) is 1.92. The first-order chi connectivity index (χ1) is 13.8. The molecule has 2 unspecified atom stereocenters. The van der Waals surface area contributed by atoms with Gasteiger partial charge in [-0.3, -0.25) is 9.59 Å². The molecule has 1 saturated heterocycles. The molecule has 0 saturated carbocycles. The van der Waals surface area contributed by atoms with E-state index in [1.165, 1.54) is 0 Å². The number of carbonyl (C=O) groups excluding carboxylic acids is 1. The minimum Gasteiger partial charge on any atom is -0.339 e. The zero-order valence-corrected chi connectivity index (χ0v) is 18.1. The van der Waals surface area contributed by atoms with Gasteiger partial charge < -0.3 is 14.0 Å². The summed E-state index contributed by atoms with van der Waals surface area (Å²) in [5.41, 5.74) is 2.23. The molecule has 3 heterocycles. The largest absolute Gasteiger partial charge is 0.339 e. The maximum atomic E-state index is 13.7. The van der Waals surface area contributed by atoms with Crippen molar-refractivity contribution in [1.29, 1.82) is 0 Å². The monoisotopic (exact) mass is 393 g/mol. The Morgan fingerprint density at radius 2 is 1.79 bits per heavy atom. The molecule has 5 heteroatoms. The topological polar surface area (TPSA) is 47.2 Å². The molecule has 1 fully saturated rings. The van der Waals surface area contributed by atoms with E-state index in [2.05, 4.69) is 27.7 Å². The van der Waals surface area contributed by atoms with Crippen LogP contribution in [0.4, 0.5) is 0 Å². The Labute approximate surface area is 171 Å². The summed E-state index contributed by atoms with van der Waals surface area (Å²) in [6.45, 7) is 10.8. The molecule has 1 aliphatic heterocycles. The second-order valence-corrected chi connectivity index (χ2v) is 9.35. The molecule has 0 aliphatic carbocycles. The minimum absolute atomic E-state index is 0.0238. The maximum absolute atomic E-state index is 13.7. The van der Waals surface area contributed by atoms with Gasteiger partial charge in [0.2, 0.25) is 0 Å². The molecule has 1 aliphatic rings. The maximum Gasteiger partial charge on any atom is 0.275 e. The predicted octanol–water partition coefficient (Wildman–Crippen LogP) is 4.27. The minimum atomic E-state index is -0.0238. The van der Waals surface area contributed by atoms with Crippen LogP contribution < -0.4 is 5.56 Å². The SMILES string of the molecule is CC(C)Cn1cc(C(=O)N2CC(C)CC(C)C2)c2c3ccccc3n(C)c2c1=O. The van der Waals surface area contributed by atoms with E-state index in [0.717, 1.165) is 35.8 Å². The van der Waals surface area contributed by atoms with Crippen molar-refractivity contribution in [2.75, 3.05) is 13.1 Å². The number of hydrogen-bond acceptors (Lipinski definition) is 2. The van der Waals surface area contributed by atoms with Crippen molar-refractivity contribution in [3.8, 4) is 0 Å². The highest BCUT2D eigenvalue weighted by Gasteiger charge is 2.29. The Kier molecular flexibility index (Phi) is 5.01. The molecular weight excluding hydrogens is 362 g/mol. The molecule has 1 amide bonds. The van der Waals surface area contributed by atoms with E-state index in [4.69, 9.17) is 0 Å². The van der Waals surface area contributed by atoms with Crippen LogP contribution in [0.25, 0.3) is 21.8 Å². The van der Waals surface area contributed by atoms with Crippen LogP contribution in [0.3, 0.4) is 0 Å². The zero-order chi connectivity index (χ0) is 20.9. The van der Waals surface area contributed by atoms with Crippen molar-refractivity contribution in [3.05, 3.63) is 46.4 Å². The fraction of sp³-hybridized carbons (Fsp3) is 0.500. The van der Waals surface area contributed by atoms with Crippen LogP contribution in [-0.4, -0.2) is 33.0 Å². The van der Waals surface area contributed by atoms with Crippen molar-refractivity contribution in [2.45, 2.75) is 40.7 Å². The lowest BCUT2D eigenvalue weighted by Gasteiger charge is -2.35. The molecule has 1 aromatic carbocycles. The van der Waals surface area contributed by atoms with Crippen molar-refractivity contribution < 1.29 is 4.79 Å². The van der Waals surface area contributed by atoms with E-state index >= 15 is 0 Å². The van der Waals surface area contributed by atoms with Gasteiger partial charge in [0.05, 0.1) is 5.56 Å². The Morgan fingerprint density at radius 1 is 1.14 bits per heavy atom. The first-order valence-electron chi connectivity index (χ1n) is 10.7. The standard InChI is InChI=1S/C24H31N3O2/c1-15(2)11-26-14-19(23(28)27-12-16(3)10-17(4)13-27)21-18-8-6-7-9-20(18)25(5)22(21)24(26)29/h6-9,14-17H,10-13H2,1-5H3. The molecule has 0 N–H and O–H groups in total. The lowest BCUT2D eigenvalue weighted by molar-refractivity contribution is 0.0624. The second-order valence-electron chi connectivity index (χ2n) is 9.35. The molecule has 154 valence electrons. The van der Waals surface area contributed by atoms with E-state index < -0.39 is 0 Å². The quantitative estimate of drug-likeness (QED) is 0.667. The lowest BCUT2D eigenvalue weighted by atomic mass is 9.91. The van der Waals surface area contributed by atoms with E-state index in [9.17, 15) is 9.59 Å². The van der Waals surface area contributed by atoms with Gasteiger partial charge in [-0.1, -0.05) is 45.9 Å². The fourth-order valence-corrected chi connectivity index (χ4v) is 5.02. The van der Waals surface area contributed by atoms with Crippen LogP contribution >= 0.6 is 0 Å². The van der Waals surface area contributed by atoms with Crippen LogP contribution in [-0.2, 0) is 13.6 Å². The van der Waals surface area contributed by atoms with E-state index in [0.29, 0.717) is 35.4 Å². The van der Waals surface area contributed by atoms with Gasteiger partial charge in [0.25, 0.3) is 11.5 Å². The number of likely N-dealkylation sites (tertiary alicyclic amines) is 1. The molecule has 5 nitrogen and oxygen atoms in total. The van der Waals surface area contributed by atoms with Crippen molar-refractivity contribution in [1.82, 2.24) is 14.0 Å². The number of piperidine rings is 1. The molecular formula is C24H31N3O2. The highest BCUT2D eigenvalue weighted by Crippen LogP contribution is 2.31. The van der Waals surface area contributed by atoms with Crippen molar-refractivity contribution >= 4 is 27.7 Å². The molecule has 0 spiro atoms. The molecule has 0 bridgehead atoms. The van der Waals surface area contributed by atoms with Crippen molar-refractivity contribution in [2.24, 2.45) is 24.8 Å². The van der Waals surface area contributed by atoms with Gasteiger partial charge in [0, 0.05) is 49.2 Å². The summed E-state index contributed by atoms with van der Waals surface area (Å²) in [5, 5.41) is 1.77. The number of aryl methyl sites for hydroxylation is 1. The third-order valence-corrected chi connectivity index (χ3v) is 6.07. The van der Waals surface area contributed by atoms with Gasteiger partial charge in [0.15, 0.2) is 0 Å². The average Bonchev–Trinajstić information content (AvgIpc) is 2.96. The number of hydrogen-bond donors (Lipinski definition) is 0. The summed E-state index contributed by atoms with van der Waals surface area (Å²) in [6, 6.07) is 7.98. The summed E-state index contributed by atoms with van der Waals surface area (Å²) in [6.07, 6.45) is 2.96. The first kappa shape index (κ1) is 19.7. The average molecular weight is 394 g/mol. The second kappa shape index (κ2) is 7.36. The van der Waals surface area contributed by atoms with Gasteiger partial charge in [-0.15, -0.1) is 0 Å². The van der Waals surface area contributed by atoms with E-state index in [1.807, 2.05) is 47.0 Å². The third-order valence-electron chi connectivity index (χ3n) is 6.07. The van der Waals surface area contributed by atoms with Gasteiger partial charge >= 0.3 is 0 Å². The normalized spacial score (nSPS) is 20.1. The highest BCUT2D eigenvalue weighted by atomic mass is 16.2. The Hall–Kier alpha value is -2.56. The number of aromatic nitrogens is 2. The third kappa shape index (κ3) is 3.37. The van der Waals surface area contributed by atoms with Gasteiger partial charge in [-0.05, 0) is 30.2 Å². The van der Waals surface area contributed by atoms with Crippen LogP contribution in [0.15, 0.2) is 35.3 Å². The highest BCUT2D eigenvalue weighted by molar-refractivity contribution is 6.17. The number of nitrogens with zero attached hydrogens (tertiary/aromatic N) is 3. The Balaban J connectivity index is 1.99. The van der Waals surface area contributed by atoms with Crippen LogP contribution in [0.5, 0.6) is 0 Å². The van der Waals surface area contributed by atoms with Gasteiger partial charge in [-0.2, -0.15) is 0 Å². The number of para-hydroxylation sites is 1. The summed E-state index contributed by atoms with van der Waals surface area (Å²) >= 11 is 0. The molecule has 2 atom stereocenters. The molecule has 4 rings (SSSR count). The predicted molar refractivity (Wildman–Crippen MR) is 118 cm³/mol. The van der Waals surface area contributed by atoms with Crippen LogP contribution in [0.1, 0.15) is 44.5 Å². The fourth-order valence-electron chi connectivity index (χ4n) is 5.02. The number of fused-ring (bicyclic) bond motifs is 3. The first-order valence-corrected chi connectivity index (χ1v) is 10.7. The number of benzene rings is 1. The molecule has 2 aromatic heterocycles. The molecule has 3 aromatic rings. The summed E-state index contributed by atoms with van der Waals surface area (Å²) < 4.78 is 3.68. The molecule has 29 heavy (non-hydrogen) atoms. The number of pyridine rings is 1. The van der Waals surface area contributed by atoms with Gasteiger partial charge in [0.1, 0.15) is 5.52 Å².